The van der Waals surface area contributed by atoms with Crippen molar-refractivity contribution in [3.8, 4) is 10.7 Å². The maximum absolute atomic E-state index is 11.6. The number of thiazole rings is 1. The average Bonchev–Trinajstić information content (AvgIpc) is 2.82. The molecule has 0 aromatic carbocycles. The first kappa shape index (κ1) is 9.59. The topological polar surface area (TPSA) is 55.7 Å². The average molecular weight is 231 g/mol. The quantitative estimate of drug-likeness (QED) is 0.754. The standard InChI is InChI=1S/C11H9N3OS/c15-9-3-1-2-8-7(9)4-13-11(14-8)10-5-12-6-16-10/h4-6H,1-3H2. The number of nitrogens with zero attached hydrogens (tertiary/aromatic N) is 3. The van der Waals surface area contributed by atoms with Gasteiger partial charge in [0.2, 0.25) is 0 Å². The molecule has 2 heterocycles. The number of rotatable bonds is 1. The predicted molar refractivity (Wildman–Crippen MR) is 60.4 cm³/mol. The van der Waals surface area contributed by atoms with Gasteiger partial charge in [-0.05, 0) is 12.8 Å². The van der Waals surface area contributed by atoms with Gasteiger partial charge in [0.1, 0.15) is 0 Å². The van der Waals surface area contributed by atoms with Crippen molar-refractivity contribution in [3.05, 3.63) is 29.2 Å². The molecule has 0 aliphatic heterocycles. The van der Waals surface area contributed by atoms with Gasteiger partial charge in [-0.15, -0.1) is 11.3 Å². The van der Waals surface area contributed by atoms with E-state index >= 15 is 0 Å². The SMILES string of the molecule is O=C1CCCc2nc(-c3cncs3)ncc21. The maximum Gasteiger partial charge on any atom is 0.171 e. The molecule has 0 spiro atoms. The van der Waals surface area contributed by atoms with Crippen molar-refractivity contribution in [2.75, 3.05) is 0 Å². The number of carbonyl (C=O) groups excluding carboxylic acids is 1. The molecule has 1 aliphatic rings. The molecule has 4 nitrogen and oxygen atoms in total. The molecule has 0 N–H and O–H groups in total. The fraction of sp³-hybridized carbons (Fsp3) is 0.273. The Morgan fingerprint density at radius 2 is 2.19 bits per heavy atom. The second-order valence-electron chi connectivity index (χ2n) is 3.70. The van der Waals surface area contributed by atoms with E-state index < -0.39 is 0 Å². The van der Waals surface area contributed by atoms with Crippen LogP contribution in [-0.4, -0.2) is 20.7 Å². The van der Waals surface area contributed by atoms with E-state index in [4.69, 9.17) is 0 Å². The summed E-state index contributed by atoms with van der Waals surface area (Å²) < 4.78 is 0. The van der Waals surface area contributed by atoms with Crippen LogP contribution in [0.3, 0.4) is 0 Å². The van der Waals surface area contributed by atoms with E-state index in [9.17, 15) is 4.79 Å². The lowest BCUT2D eigenvalue weighted by Gasteiger charge is -2.13. The van der Waals surface area contributed by atoms with Crippen LogP contribution in [0.5, 0.6) is 0 Å². The largest absolute Gasteiger partial charge is 0.294 e. The van der Waals surface area contributed by atoms with Gasteiger partial charge in [0, 0.05) is 18.8 Å². The van der Waals surface area contributed by atoms with Gasteiger partial charge in [0.25, 0.3) is 0 Å². The summed E-state index contributed by atoms with van der Waals surface area (Å²) in [6.07, 6.45) is 5.78. The number of aromatic nitrogens is 3. The van der Waals surface area contributed by atoms with Crippen LogP contribution >= 0.6 is 11.3 Å². The van der Waals surface area contributed by atoms with E-state index in [-0.39, 0.29) is 5.78 Å². The van der Waals surface area contributed by atoms with Gasteiger partial charge in [-0.3, -0.25) is 9.78 Å². The number of Topliss-reactive ketones (excluding diaryl/α,β-unsaturated/α-hetero) is 1. The minimum Gasteiger partial charge on any atom is -0.294 e. The summed E-state index contributed by atoms with van der Waals surface area (Å²) in [6, 6.07) is 0. The van der Waals surface area contributed by atoms with E-state index in [0.29, 0.717) is 17.8 Å². The summed E-state index contributed by atoms with van der Waals surface area (Å²) in [5, 5.41) is 0. The summed E-state index contributed by atoms with van der Waals surface area (Å²) in [5.41, 5.74) is 3.33. The molecular formula is C11H9N3OS. The molecule has 0 amide bonds. The molecule has 0 saturated heterocycles. The Balaban J connectivity index is 2.08. The Kier molecular flexibility index (Phi) is 2.25. The van der Waals surface area contributed by atoms with E-state index in [2.05, 4.69) is 15.0 Å². The fourth-order valence-corrected chi connectivity index (χ4v) is 2.40. The van der Waals surface area contributed by atoms with Crippen LogP contribution in [-0.2, 0) is 6.42 Å². The molecule has 2 aromatic heterocycles. The van der Waals surface area contributed by atoms with Gasteiger partial charge >= 0.3 is 0 Å². The van der Waals surface area contributed by atoms with Gasteiger partial charge in [-0.2, -0.15) is 0 Å². The number of hydrogen-bond donors (Lipinski definition) is 0. The van der Waals surface area contributed by atoms with Gasteiger partial charge in [0.15, 0.2) is 11.6 Å². The molecule has 0 atom stereocenters. The zero-order valence-electron chi connectivity index (χ0n) is 8.51. The van der Waals surface area contributed by atoms with Crippen LogP contribution in [0.4, 0.5) is 0 Å². The molecule has 0 bridgehead atoms. The monoisotopic (exact) mass is 231 g/mol. The minimum atomic E-state index is 0.164. The van der Waals surface area contributed by atoms with E-state index in [0.717, 1.165) is 23.4 Å². The van der Waals surface area contributed by atoms with Crippen LogP contribution in [0, 0.1) is 0 Å². The normalized spacial score (nSPS) is 14.9. The van der Waals surface area contributed by atoms with E-state index in [1.54, 1.807) is 17.9 Å². The van der Waals surface area contributed by atoms with Gasteiger partial charge in [0.05, 0.1) is 21.6 Å². The third-order valence-electron chi connectivity index (χ3n) is 2.64. The first-order valence-electron chi connectivity index (χ1n) is 5.12. The zero-order chi connectivity index (χ0) is 11.0. The highest BCUT2D eigenvalue weighted by atomic mass is 32.1. The summed E-state index contributed by atoms with van der Waals surface area (Å²) in [6.45, 7) is 0. The second kappa shape index (κ2) is 3.75. The first-order chi connectivity index (χ1) is 7.84. The van der Waals surface area contributed by atoms with Crippen molar-refractivity contribution in [3.63, 3.8) is 0 Å². The summed E-state index contributed by atoms with van der Waals surface area (Å²) >= 11 is 1.51. The lowest BCUT2D eigenvalue weighted by atomic mass is 9.96. The molecule has 0 radical (unpaired) electrons. The number of ketones is 1. The van der Waals surface area contributed by atoms with E-state index in [1.807, 2.05) is 0 Å². The van der Waals surface area contributed by atoms with Gasteiger partial charge in [-0.25, -0.2) is 9.97 Å². The number of carbonyl (C=O) groups is 1. The number of aryl methyl sites for hydroxylation is 1. The molecule has 0 fully saturated rings. The van der Waals surface area contributed by atoms with Crippen molar-refractivity contribution in [2.45, 2.75) is 19.3 Å². The molecule has 0 saturated carbocycles. The fourth-order valence-electron chi connectivity index (χ4n) is 1.84. The maximum atomic E-state index is 11.6. The highest BCUT2D eigenvalue weighted by molar-refractivity contribution is 7.13. The Labute approximate surface area is 96.4 Å². The second-order valence-corrected chi connectivity index (χ2v) is 4.58. The molecule has 1 aliphatic carbocycles. The molecule has 5 heteroatoms. The first-order valence-corrected chi connectivity index (χ1v) is 6.00. The zero-order valence-corrected chi connectivity index (χ0v) is 9.33. The summed E-state index contributed by atoms with van der Waals surface area (Å²) in [7, 11) is 0. The highest BCUT2D eigenvalue weighted by Gasteiger charge is 2.19. The summed E-state index contributed by atoms with van der Waals surface area (Å²) in [5.74, 6) is 0.841. The summed E-state index contributed by atoms with van der Waals surface area (Å²) in [4.78, 5) is 25.2. The minimum absolute atomic E-state index is 0.164. The van der Waals surface area contributed by atoms with Crippen molar-refractivity contribution in [1.82, 2.24) is 15.0 Å². The third-order valence-corrected chi connectivity index (χ3v) is 3.41. The van der Waals surface area contributed by atoms with Crippen molar-refractivity contribution < 1.29 is 4.79 Å². The van der Waals surface area contributed by atoms with Crippen LogP contribution in [0.2, 0.25) is 0 Å². The molecule has 0 unspecified atom stereocenters. The number of hydrogen-bond acceptors (Lipinski definition) is 5. The van der Waals surface area contributed by atoms with Crippen molar-refractivity contribution in [1.29, 1.82) is 0 Å². The Hall–Kier alpha value is -1.62. The smallest absolute Gasteiger partial charge is 0.171 e. The molecule has 2 aromatic rings. The molecule has 80 valence electrons. The lowest BCUT2D eigenvalue weighted by molar-refractivity contribution is 0.0971. The van der Waals surface area contributed by atoms with Crippen LogP contribution in [0.25, 0.3) is 10.7 Å². The Morgan fingerprint density at radius 1 is 1.25 bits per heavy atom. The lowest BCUT2D eigenvalue weighted by Crippen LogP contribution is -2.13. The predicted octanol–water partition coefficient (Wildman–Crippen LogP) is 2.12. The van der Waals surface area contributed by atoms with E-state index in [1.165, 1.54) is 11.3 Å². The van der Waals surface area contributed by atoms with Crippen molar-refractivity contribution in [2.24, 2.45) is 0 Å². The Bertz CT molecular complexity index is 536. The molecular weight excluding hydrogens is 222 g/mol. The van der Waals surface area contributed by atoms with Gasteiger partial charge < -0.3 is 0 Å². The highest BCUT2D eigenvalue weighted by Crippen LogP contribution is 2.23. The van der Waals surface area contributed by atoms with Crippen LogP contribution < -0.4 is 0 Å². The van der Waals surface area contributed by atoms with Crippen LogP contribution in [0.15, 0.2) is 17.9 Å². The Morgan fingerprint density at radius 3 is 3.00 bits per heavy atom. The van der Waals surface area contributed by atoms with Crippen LogP contribution in [0.1, 0.15) is 28.9 Å². The molecule has 3 rings (SSSR count). The van der Waals surface area contributed by atoms with Crippen molar-refractivity contribution >= 4 is 17.1 Å². The number of fused-ring (bicyclic) bond motifs is 1. The third kappa shape index (κ3) is 1.53. The molecule has 16 heavy (non-hydrogen) atoms. The van der Waals surface area contributed by atoms with Gasteiger partial charge in [-0.1, -0.05) is 0 Å².